The van der Waals surface area contributed by atoms with Crippen molar-refractivity contribution in [3.63, 3.8) is 0 Å². The van der Waals surface area contributed by atoms with E-state index in [-0.39, 0.29) is 17.7 Å². The lowest BCUT2D eigenvalue weighted by Crippen LogP contribution is -2.24. The van der Waals surface area contributed by atoms with E-state index in [2.05, 4.69) is 5.10 Å². The molecule has 0 radical (unpaired) electrons. The molecule has 5 nitrogen and oxygen atoms in total. The van der Waals surface area contributed by atoms with Crippen LogP contribution in [0.5, 0.6) is 11.5 Å². The topological polar surface area (TPSA) is 62.1 Å². The Morgan fingerprint density at radius 3 is 2.75 bits per heavy atom. The molecule has 1 aliphatic heterocycles. The molecule has 3 rings (SSSR count). The largest absolute Gasteiger partial charge is 0.504 e. The van der Waals surface area contributed by atoms with Crippen LogP contribution in [0, 0.1) is 0 Å². The minimum Gasteiger partial charge on any atom is -0.504 e. The molecular formula is C18H17ClN2O3. The average molecular weight is 345 g/mol. The average Bonchev–Trinajstić information content (AvgIpc) is 3.00. The van der Waals surface area contributed by atoms with Crippen LogP contribution in [0.15, 0.2) is 47.6 Å². The van der Waals surface area contributed by atoms with E-state index in [0.717, 1.165) is 16.8 Å². The second-order valence-electron chi connectivity index (χ2n) is 5.57. The van der Waals surface area contributed by atoms with E-state index in [4.69, 9.17) is 16.3 Å². The Hall–Kier alpha value is -2.53. The number of phenols is 1. The third-order valence-corrected chi connectivity index (χ3v) is 4.21. The summed E-state index contributed by atoms with van der Waals surface area (Å²) in [6, 6.07) is 12.2. The first-order valence-electron chi connectivity index (χ1n) is 7.49. The van der Waals surface area contributed by atoms with Gasteiger partial charge in [-0.15, -0.1) is 0 Å². The van der Waals surface area contributed by atoms with Gasteiger partial charge in [0.15, 0.2) is 11.5 Å². The predicted molar refractivity (Wildman–Crippen MR) is 92.5 cm³/mol. The van der Waals surface area contributed by atoms with Gasteiger partial charge in [0, 0.05) is 18.4 Å². The Bertz CT molecular complexity index is 820. The smallest absolute Gasteiger partial charge is 0.240 e. The van der Waals surface area contributed by atoms with E-state index in [1.807, 2.05) is 24.3 Å². The summed E-state index contributed by atoms with van der Waals surface area (Å²) in [5, 5.41) is 16.5. The molecular weight excluding hydrogens is 328 g/mol. The Kier molecular flexibility index (Phi) is 4.44. The molecule has 0 spiro atoms. The highest BCUT2D eigenvalue weighted by Crippen LogP contribution is 2.37. The van der Waals surface area contributed by atoms with Crippen molar-refractivity contribution in [1.82, 2.24) is 5.01 Å². The quantitative estimate of drug-likeness (QED) is 0.922. The minimum atomic E-state index is -0.270. The van der Waals surface area contributed by atoms with Gasteiger partial charge in [0.2, 0.25) is 5.91 Å². The van der Waals surface area contributed by atoms with Crippen LogP contribution in [0.2, 0.25) is 5.02 Å². The normalized spacial score (nSPS) is 16.9. The number of carbonyl (C=O) groups excluding carboxylic acids is 1. The molecule has 124 valence electrons. The maximum atomic E-state index is 12.0. The van der Waals surface area contributed by atoms with Crippen molar-refractivity contribution in [1.29, 1.82) is 0 Å². The Balaban J connectivity index is 1.95. The highest BCUT2D eigenvalue weighted by Gasteiger charge is 2.31. The zero-order valence-electron chi connectivity index (χ0n) is 13.4. The lowest BCUT2D eigenvalue weighted by atomic mass is 9.98. The molecule has 2 aromatic rings. The molecule has 24 heavy (non-hydrogen) atoms. The molecule has 1 atom stereocenters. The molecule has 0 saturated carbocycles. The number of aromatic hydroxyl groups is 1. The number of carbonyl (C=O) groups is 1. The van der Waals surface area contributed by atoms with Crippen LogP contribution in [0.4, 0.5) is 0 Å². The maximum absolute atomic E-state index is 12.0. The fraction of sp³-hybridized carbons (Fsp3) is 0.222. The first-order valence-corrected chi connectivity index (χ1v) is 7.87. The molecule has 2 aromatic carbocycles. The summed E-state index contributed by atoms with van der Waals surface area (Å²) < 4.78 is 5.07. The molecule has 0 bridgehead atoms. The number of rotatable bonds is 3. The van der Waals surface area contributed by atoms with Gasteiger partial charge >= 0.3 is 0 Å². The van der Waals surface area contributed by atoms with Crippen molar-refractivity contribution in [2.75, 3.05) is 7.11 Å². The van der Waals surface area contributed by atoms with E-state index < -0.39 is 0 Å². The molecule has 0 aliphatic carbocycles. The Labute approximate surface area is 145 Å². The molecule has 0 saturated heterocycles. The third kappa shape index (κ3) is 3.08. The fourth-order valence-electron chi connectivity index (χ4n) is 2.82. The first kappa shape index (κ1) is 16.3. The number of hydrogen-bond acceptors (Lipinski definition) is 4. The van der Waals surface area contributed by atoms with Crippen molar-refractivity contribution in [2.24, 2.45) is 5.10 Å². The van der Waals surface area contributed by atoms with Gasteiger partial charge in [-0.2, -0.15) is 5.10 Å². The number of phenolic OH excluding ortho intramolecular Hbond substituents is 1. The zero-order chi connectivity index (χ0) is 17.3. The third-order valence-electron chi connectivity index (χ3n) is 3.98. The van der Waals surface area contributed by atoms with Gasteiger partial charge in [-0.3, -0.25) is 4.79 Å². The lowest BCUT2D eigenvalue weighted by Gasteiger charge is -2.21. The molecule has 0 fully saturated rings. The van der Waals surface area contributed by atoms with Gasteiger partial charge in [-0.25, -0.2) is 5.01 Å². The van der Waals surface area contributed by atoms with Gasteiger partial charge in [0.1, 0.15) is 0 Å². The molecule has 1 N–H and O–H groups in total. The summed E-state index contributed by atoms with van der Waals surface area (Å²) in [7, 11) is 1.49. The second-order valence-corrected chi connectivity index (χ2v) is 6.01. The standard InChI is InChI=1S/C18H17ClN2O3/c1-11(22)21-16(13-6-7-18(24-2)17(23)9-13)10-15(20-21)12-4-3-5-14(19)8-12/h3-9,16,23H,10H2,1-2H3. The fourth-order valence-corrected chi connectivity index (χ4v) is 3.01. The van der Waals surface area contributed by atoms with Crippen molar-refractivity contribution in [2.45, 2.75) is 19.4 Å². The highest BCUT2D eigenvalue weighted by atomic mass is 35.5. The number of benzene rings is 2. The van der Waals surface area contributed by atoms with Crippen LogP contribution in [0.3, 0.4) is 0 Å². The van der Waals surface area contributed by atoms with E-state index >= 15 is 0 Å². The van der Waals surface area contributed by atoms with Crippen LogP contribution in [-0.2, 0) is 4.79 Å². The zero-order valence-corrected chi connectivity index (χ0v) is 14.1. The Morgan fingerprint density at radius 1 is 1.33 bits per heavy atom. The molecule has 0 aromatic heterocycles. The van der Waals surface area contributed by atoms with Crippen LogP contribution >= 0.6 is 11.6 Å². The van der Waals surface area contributed by atoms with Crippen LogP contribution in [0.1, 0.15) is 30.5 Å². The van der Waals surface area contributed by atoms with Gasteiger partial charge < -0.3 is 9.84 Å². The Morgan fingerprint density at radius 2 is 2.12 bits per heavy atom. The molecule has 6 heteroatoms. The van der Waals surface area contributed by atoms with E-state index in [0.29, 0.717) is 17.2 Å². The van der Waals surface area contributed by atoms with Crippen LogP contribution < -0.4 is 4.74 Å². The van der Waals surface area contributed by atoms with Crippen molar-refractivity contribution >= 4 is 23.2 Å². The molecule has 1 aliphatic rings. The summed E-state index contributed by atoms with van der Waals surface area (Å²) in [4.78, 5) is 12.0. The summed E-state index contributed by atoms with van der Waals surface area (Å²) in [6.45, 7) is 1.47. The number of hydrazone groups is 1. The van der Waals surface area contributed by atoms with E-state index in [1.54, 1.807) is 18.2 Å². The number of nitrogens with zero attached hydrogens (tertiary/aromatic N) is 2. The van der Waals surface area contributed by atoms with Gasteiger partial charge in [0.25, 0.3) is 0 Å². The lowest BCUT2D eigenvalue weighted by molar-refractivity contribution is -0.130. The number of methoxy groups -OCH3 is 1. The van der Waals surface area contributed by atoms with Gasteiger partial charge in [-0.1, -0.05) is 29.8 Å². The van der Waals surface area contributed by atoms with E-state index in [9.17, 15) is 9.90 Å². The summed E-state index contributed by atoms with van der Waals surface area (Å²) in [5.41, 5.74) is 2.46. The van der Waals surface area contributed by atoms with E-state index in [1.165, 1.54) is 19.0 Å². The molecule has 1 amide bonds. The van der Waals surface area contributed by atoms with Crippen LogP contribution in [0.25, 0.3) is 0 Å². The second kappa shape index (κ2) is 6.53. The highest BCUT2D eigenvalue weighted by molar-refractivity contribution is 6.31. The predicted octanol–water partition coefficient (Wildman–Crippen LogP) is 3.75. The molecule has 1 unspecified atom stereocenters. The first-order chi connectivity index (χ1) is 11.5. The van der Waals surface area contributed by atoms with Crippen molar-refractivity contribution in [3.8, 4) is 11.5 Å². The summed E-state index contributed by atoms with van der Waals surface area (Å²) in [5.74, 6) is 0.268. The van der Waals surface area contributed by atoms with Crippen molar-refractivity contribution < 1.29 is 14.6 Å². The summed E-state index contributed by atoms with van der Waals surface area (Å²) in [6.07, 6.45) is 0.547. The molecule has 1 heterocycles. The van der Waals surface area contributed by atoms with Gasteiger partial charge in [0.05, 0.1) is 18.9 Å². The number of ether oxygens (including phenoxy) is 1. The minimum absolute atomic E-state index is 0.0368. The number of halogens is 1. The van der Waals surface area contributed by atoms with Gasteiger partial charge in [-0.05, 0) is 35.4 Å². The van der Waals surface area contributed by atoms with Crippen LogP contribution in [-0.4, -0.2) is 28.8 Å². The maximum Gasteiger partial charge on any atom is 0.240 e. The number of hydrogen-bond donors (Lipinski definition) is 1. The SMILES string of the molecule is COc1ccc(C2CC(c3cccc(Cl)c3)=NN2C(C)=O)cc1O. The monoisotopic (exact) mass is 344 g/mol. The summed E-state index contributed by atoms with van der Waals surface area (Å²) >= 11 is 6.05. The van der Waals surface area contributed by atoms with Crippen molar-refractivity contribution in [3.05, 3.63) is 58.6 Å². The number of amides is 1.